The second-order valence-electron chi connectivity index (χ2n) is 6.56. The van der Waals surface area contributed by atoms with E-state index in [1.54, 1.807) is 25.1 Å². The summed E-state index contributed by atoms with van der Waals surface area (Å²) in [6.07, 6.45) is 2.61. The van der Waals surface area contributed by atoms with Crippen molar-refractivity contribution in [3.05, 3.63) is 70.9 Å². The molecule has 3 rings (SSSR count). The maximum Gasteiger partial charge on any atom is 0.328 e. The first-order valence-corrected chi connectivity index (χ1v) is 8.31. The molecule has 0 atom stereocenters. The van der Waals surface area contributed by atoms with Gasteiger partial charge in [-0.25, -0.2) is 13.6 Å². The number of aliphatic carboxylic acids is 1. The van der Waals surface area contributed by atoms with Crippen LogP contribution >= 0.6 is 0 Å². The number of aryl methyl sites for hydroxylation is 1. The molecule has 0 fully saturated rings. The Labute approximate surface area is 150 Å². The minimum atomic E-state index is -1.06. The highest BCUT2D eigenvalue weighted by Crippen LogP contribution is 2.35. The Balaban J connectivity index is 2.43. The molecule has 3 aromatic rings. The monoisotopic (exact) mass is 355 g/mol. The van der Waals surface area contributed by atoms with Gasteiger partial charge in [0.25, 0.3) is 0 Å². The maximum absolute atomic E-state index is 13.9. The number of benzene rings is 2. The van der Waals surface area contributed by atoms with Crippen LogP contribution in [0.2, 0.25) is 0 Å². The van der Waals surface area contributed by atoms with Crippen LogP contribution in [-0.2, 0) is 4.79 Å². The predicted octanol–water partition coefficient (Wildman–Crippen LogP) is 5.44. The summed E-state index contributed by atoms with van der Waals surface area (Å²) in [7, 11) is 0. The Morgan fingerprint density at radius 3 is 2.50 bits per heavy atom. The van der Waals surface area contributed by atoms with Crippen molar-refractivity contribution in [3.63, 3.8) is 0 Å². The summed E-state index contributed by atoms with van der Waals surface area (Å²) in [5.74, 6) is -1.72. The van der Waals surface area contributed by atoms with E-state index >= 15 is 0 Å². The summed E-state index contributed by atoms with van der Waals surface area (Å²) in [6, 6.07) is 9.14. The second-order valence-corrected chi connectivity index (χ2v) is 6.56. The number of aromatic nitrogens is 1. The number of fused-ring (bicyclic) bond motifs is 1. The first-order chi connectivity index (χ1) is 12.3. The van der Waals surface area contributed by atoms with Crippen LogP contribution in [0, 0.1) is 18.6 Å². The van der Waals surface area contributed by atoms with E-state index in [2.05, 4.69) is 0 Å². The molecule has 0 radical (unpaired) electrons. The molecule has 0 saturated carbocycles. The van der Waals surface area contributed by atoms with E-state index in [4.69, 9.17) is 5.11 Å². The molecule has 0 aliphatic carbocycles. The van der Waals surface area contributed by atoms with Gasteiger partial charge in [-0.3, -0.25) is 0 Å². The van der Waals surface area contributed by atoms with Gasteiger partial charge in [0.15, 0.2) is 0 Å². The molecule has 0 saturated heterocycles. The molecule has 26 heavy (non-hydrogen) atoms. The van der Waals surface area contributed by atoms with Crippen LogP contribution in [0.1, 0.15) is 36.6 Å². The van der Waals surface area contributed by atoms with Crippen molar-refractivity contribution in [1.82, 2.24) is 4.57 Å². The van der Waals surface area contributed by atoms with Gasteiger partial charge in [0, 0.05) is 28.4 Å². The second kappa shape index (κ2) is 6.75. The molecular formula is C21H19F2NO2. The van der Waals surface area contributed by atoms with Crippen LogP contribution in [-0.4, -0.2) is 15.6 Å². The van der Waals surface area contributed by atoms with Crippen LogP contribution in [0.15, 0.2) is 42.5 Å². The minimum Gasteiger partial charge on any atom is -0.478 e. The van der Waals surface area contributed by atoms with Crippen molar-refractivity contribution in [3.8, 4) is 5.69 Å². The number of hydrogen-bond donors (Lipinski definition) is 1. The lowest BCUT2D eigenvalue weighted by molar-refractivity contribution is -0.131. The summed E-state index contributed by atoms with van der Waals surface area (Å²) in [4.78, 5) is 11.0. The third-order valence-electron chi connectivity index (χ3n) is 4.35. The lowest BCUT2D eigenvalue weighted by Crippen LogP contribution is -2.04. The number of halogens is 2. The largest absolute Gasteiger partial charge is 0.478 e. The summed E-state index contributed by atoms with van der Waals surface area (Å²) in [5, 5.41) is 9.76. The average Bonchev–Trinajstić information content (AvgIpc) is 2.89. The van der Waals surface area contributed by atoms with Crippen LogP contribution in [0.25, 0.3) is 22.7 Å². The zero-order valence-electron chi connectivity index (χ0n) is 14.8. The highest BCUT2D eigenvalue weighted by molar-refractivity contribution is 5.96. The first kappa shape index (κ1) is 17.9. The molecule has 0 aliphatic rings. The Kier molecular flexibility index (Phi) is 4.64. The van der Waals surface area contributed by atoms with Crippen LogP contribution in [0.4, 0.5) is 8.78 Å². The van der Waals surface area contributed by atoms with Gasteiger partial charge < -0.3 is 9.67 Å². The summed E-state index contributed by atoms with van der Waals surface area (Å²) < 4.78 is 29.5. The highest BCUT2D eigenvalue weighted by atomic mass is 19.1. The standard InChI is InChI=1S/C21H19F2NO2/c1-12(2)21-17(7-9-20(25)26)16-6-4-14(22)11-19(16)24(21)15-5-8-18(23)13(3)10-15/h4-12H,1-3H3,(H,25,26)/b9-7+. The fourth-order valence-corrected chi connectivity index (χ4v) is 3.25. The number of carbonyl (C=O) groups is 1. The van der Waals surface area contributed by atoms with E-state index < -0.39 is 5.97 Å². The summed E-state index contributed by atoms with van der Waals surface area (Å²) in [6.45, 7) is 5.64. The van der Waals surface area contributed by atoms with Gasteiger partial charge in [-0.15, -0.1) is 0 Å². The number of carboxylic acid groups (broad SMARTS) is 1. The molecule has 0 unspecified atom stereocenters. The third kappa shape index (κ3) is 3.12. The van der Waals surface area contributed by atoms with Crippen molar-refractivity contribution in [1.29, 1.82) is 0 Å². The maximum atomic E-state index is 13.9. The van der Waals surface area contributed by atoms with Gasteiger partial charge in [-0.05, 0) is 60.9 Å². The number of hydrogen-bond acceptors (Lipinski definition) is 1. The lowest BCUT2D eigenvalue weighted by atomic mass is 10.0. The van der Waals surface area contributed by atoms with Crippen molar-refractivity contribution in [2.75, 3.05) is 0 Å². The SMILES string of the molecule is Cc1cc(-n2c(C(C)C)c(/C=C/C(=O)O)c3ccc(F)cc32)ccc1F. The molecule has 0 bridgehead atoms. The Morgan fingerprint density at radius 1 is 1.15 bits per heavy atom. The molecule has 134 valence electrons. The molecule has 1 aromatic heterocycles. The van der Waals surface area contributed by atoms with E-state index in [9.17, 15) is 13.6 Å². The smallest absolute Gasteiger partial charge is 0.328 e. The normalized spacial score (nSPS) is 11.8. The van der Waals surface area contributed by atoms with Gasteiger partial charge in [0.1, 0.15) is 11.6 Å². The van der Waals surface area contributed by atoms with E-state index in [1.807, 2.05) is 18.4 Å². The molecular weight excluding hydrogens is 336 g/mol. The molecule has 3 nitrogen and oxygen atoms in total. The van der Waals surface area contributed by atoms with E-state index in [-0.39, 0.29) is 17.6 Å². The van der Waals surface area contributed by atoms with Gasteiger partial charge in [-0.2, -0.15) is 0 Å². The van der Waals surface area contributed by atoms with E-state index in [0.717, 1.165) is 22.7 Å². The Morgan fingerprint density at radius 2 is 1.88 bits per heavy atom. The quantitative estimate of drug-likeness (QED) is 0.633. The van der Waals surface area contributed by atoms with Gasteiger partial charge in [0.05, 0.1) is 5.52 Å². The number of carboxylic acids is 1. The van der Waals surface area contributed by atoms with Gasteiger partial charge >= 0.3 is 5.97 Å². The summed E-state index contributed by atoms with van der Waals surface area (Å²) >= 11 is 0. The average molecular weight is 355 g/mol. The molecule has 0 spiro atoms. The zero-order valence-corrected chi connectivity index (χ0v) is 14.8. The predicted molar refractivity (Wildman–Crippen MR) is 98.7 cm³/mol. The zero-order chi connectivity index (χ0) is 19.0. The fourth-order valence-electron chi connectivity index (χ4n) is 3.25. The Bertz CT molecular complexity index is 1030. The van der Waals surface area contributed by atoms with E-state index in [1.165, 1.54) is 24.3 Å². The Hall–Kier alpha value is -2.95. The third-order valence-corrected chi connectivity index (χ3v) is 4.35. The molecule has 1 N–H and O–H groups in total. The van der Waals surface area contributed by atoms with Crippen LogP contribution < -0.4 is 0 Å². The molecule has 0 aliphatic heterocycles. The highest BCUT2D eigenvalue weighted by Gasteiger charge is 2.20. The fraction of sp³-hybridized carbons (Fsp3) is 0.190. The van der Waals surface area contributed by atoms with Gasteiger partial charge in [0.2, 0.25) is 0 Å². The molecule has 2 aromatic carbocycles. The summed E-state index contributed by atoms with van der Waals surface area (Å²) in [5.41, 5.74) is 3.37. The minimum absolute atomic E-state index is 0.0317. The first-order valence-electron chi connectivity index (χ1n) is 8.31. The molecule has 0 amide bonds. The van der Waals surface area contributed by atoms with Crippen LogP contribution in [0.5, 0.6) is 0 Å². The van der Waals surface area contributed by atoms with E-state index in [0.29, 0.717) is 16.8 Å². The lowest BCUT2D eigenvalue weighted by Gasteiger charge is -2.15. The van der Waals surface area contributed by atoms with Crippen LogP contribution in [0.3, 0.4) is 0 Å². The van der Waals surface area contributed by atoms with Crippen molar-refractivity contribution >= 4 is 22.9 Å². The van der Waals surface area contributed by atoms with Crippen molar-refractivity contribution in [2.45, 2.75) is 26.7 Å². The molecule has 5 heteroatoms. The molecule has 1 heterocycles. The number of nitrogens with zero attached hydrogens (tertiary/aromatic N) is 1. The van der Waals surface area contributed by atoms with Gasteiger partial charge in [-0.1, -0.05) is 13.8 Å². The topological polar surface area (TPSA) is 42.2 Å². The van der Waals surface area contributed by atoms with Crippen molar-refractivity contribution < 1.29 is 18.7 Å². The number of rotatable bonds is 4. The van der Waals surface area contributed by atoms with Crippen molar-refractivity contribution in [2.24, 2.45) is 0 Å².